The van der Waals surface area contributed by atoms with Gasteiger partial charge in [-0.05, 0) is 78.1 Å². The molecule has 1 saturated heterocycles. The number of alkyl halides is 9. The van der Waals surface area contributed by atoms with E-state index in [4.69, 9.17) is 14.2 Å². The molecule has 0 N–H and O–H groups in total. The second-order valence-electron chi connectivity index (χ2n) is 12.2. The number of hydrogen-bond acceptors (Lipinski definition) is 9. The molecule has 3 aromatic carbocycles. The summed E-state index contributed by atoms with van der Waals surface area (Å²) < 4.78 is 142. The summed E-state index contributed by atoms with van der Waals surface area (Å²) in [6.45, 7) is 0.624. The minimum absolute atomic E-state index is 0. The van der Waals surface area contributed by atoms with Crippen molar-refractivity contribution in [3.05, 3.63) is 94.8 Å². The van der Waals surface area contributed by atoms with E-state index < -0.39 is 59.8 Å². The number of carbonyl (C=O) groups excluding carboxylic acids is 1. The summed E-state index contributed by atoms with van der Waals surface area (Å²) in [4.78, 5) is 22.2. The Morgan fingerprint density at radius 2 is 1.44 bits per heavy atom. The minimum atomic E-state index is -5.16. The summed E-state index contributed by atoms with van der Waals surface area (Å²) in [5, 5.41) is 10.7. The number of carbonyl (C=O) groups is 1. The van der Waals surface area contributed by atoms with Crippen molar-refractivity contribution < 1.29 is 93.2 Å². The number of morpholine rings is 1. The monoisotopic (exact) mass is 794 g/mol. The van der Waals surface area contributed by atoms with Gasteiger partial charge in [0.05, 0.1) is 56.0 Å². The predicted molar refractivity (Wildman–Crippen MR) is 175 cm³/mol. The Bertz CT molecular complexity index is 1890. The molecule has 2 heterocycles. The maximum atomic E-state index is 14.1. The number of anilines is 2. The first-order valence-corrected chi connectivity index (χ1v) is 16.3. The summed E-state index contributed by atoms with van der Waals surface area (Å²) >= 11 is 0. The smallest absolute Gasteiger partial charge is 0.550 e. The fourth-order valence-electron chi connectivity index (χ4n) is 5.78. The van der Waals surface area contributed by atoms with Gasteiger partial charge in [0.2, 0.25) is 5.95 Å². The number of aromatic nitrogens is 2. The van der Waals surface area contributed by atoms with Crippen LogP contribution in [0, 0.1) is 0 Å². The first-order valence-electron chi connectivity index (χ1n) is 16.3. The van der Waals surface area contributed by atoms with E-state index in [1.54, 1.807) is 18.2 Å². The number of rotatable bonds is 13. The number of methoxy groups -OCH3 is 1. The van der Waals surface area contributed by atoms with Crippen molar-refractivity contribution in [2.75, 3.05) is 49.8 Å². The molecule has 5 rings (SSSR count). The van der Waals surface area contributed by atoms with Gasteiger partial charge >= 0.3 is 48.1 Å². The molecule has 0 amide bonds. The predicted octanol–water partition coefficient (Wildman–Crippen LogP) is 4.16. The second-order valence-corrected chi connectivity index (χ2v) is 12.2. The van der Waals surface area contributed by atoms with E-state index in [-0.39, 0.29) is 83.6 Å². The van der Waals surface area contributed by atoms with Gasteiger partial charge in [-0.15, -0.1) is 0 Å². The normalized spacial score (nSPS) is 13.6. The van der Waals surface area contributed by atoms with Crippen LogP contribution in [0.25, 0.3) is 11.1 Å². The summed E-state index contributed by atoms with van der Waals surface area (Å²) in [6.07, 6.45) is -13.1. The Kier molecular flexibility index (Phi) is 14.3. The van der Waals surface area contributed by atoms with E-state index in [9.17, 15) is 49.4 Å². The molecule has 1 aliphatic rings. The van der Waals surface area contributed by atoms with Gasteiger partial charge in [-0.1, -0.05) is 6.07 Å². The molecule has 9 nitrogen and oxygen atoms in total. The Labute approximate surface area is 331 Å². The molecule has 0 aliphatic carbocycles. The van der Waals surface area contributed by atoms with E-state index >= 15 is 0 Å². The third-order valence-electron chi connectivity index (χ3n) is 8.36. The fraction of sp³-hybridized carbons (Fsp3) is 0.361. The van der Waals surface area contributed by atoms with Crippen molar-refractivity contribution in [1.29, 1.82) is 0 Å². The Morgan fingerprint density at radius 3 is 2.00 bits per heavy atom. The average molecular weight is 795 g/mol. The number of halogens is 9. The van der Waals surface area contributed by atoms with Crippen LogP contribution in [0.1, 0.15) is 40.7 Å². The molecule has 55 heavy (non-hydrogen) atoms. The Balaban J connectivity index is 0.00000673. The van der Waals surface area contributed by atoms with Crippen molar-refractivity contribution in [3.8, 4) is 22.6 Å². The maximum Gasteiger partial charge on any atom is 1.00 e. The van der Waals surface area contributed by atoms with Crippen LogP contribution in [0.15, 0.2) is 67.0 Å². The summed E-state index contributed by atoms with van der Waals surface area (Å²) in [7, 11) is 1.37. The number of ether oxygens (including phenoxy) is 3. The molecular formula is C36H32F9N4NaO5. The largest absolute Gasteiger partial charge is 1.00 e. The van der Waals surface area contributed by atoms with E-state index in [1.807, 2.05) is 4.90 Å². The van der Waals surface area contributed by atoms with Gasteiger partial charge in [0.25, 0.3) is 0 Å². The van der Waals surface area contributed by atoms with Crippen LogP contribution in [0.5, 0.6) is 11.5 Å². The van der Waals surface area contributed by atoms with Gasteiger partial charge in [-0.2, -0.15) is 39.5 Å². The molecule has 1 fully saturated rings. The molecule has 1 aromatic heterocycles. The van der Waals surface area contributed by atoms with Crippen LogP contribution in [-0.4, -0.2) is 56.0 Å². The van der Waals surface area contributed by atoms with Gasteiger partial charge in [-0.3, -0.25) is 0 Å². The molecule has 4 aromatic rings. The van der Waals surface area contributed by atoms with Crippen molar-refractivity contribution in [2.45, 2.75) is 44.5 Å². The van der Waals surface area contributed by atoms with Crippen LogP contribution in [0.2, 0.25) is 0 Å². The fourth-order valence-corrected chi connectivity index (χ4v) is 5.78. The number of carboxylic acids is 1. The zero-order chi connectivity index (χ0) is 39.3. The summed E-state index contributed by atoms with van der Waals surface area (Å²) in [5.74, 6) is -1.26. The Morgan fingerprint density at radius 1 is 0.818 bits per heavy atom. The topological polar surface area (TPSA) is 100 Å². The van der Waals surface area contributed by atoms with Crippen molar-refractivity contribution in [2.24, 2.45) is 0 Å². The van der Waals surface area contributed by atoms with Crippen molar-refractivity contribution in [1.82, 2.24) is 9.97 Å². The van der Waals surface area contributed by atoms with Gasteiger partial charge in [-0.25, -0.2) is 9.97 Å². The minimum Gasteiger partial charge on any atom is -0.550 e. The van der Waals surface area contributed by atoms with Gasteiger partial charge in [0.1, 0.15) is 5.75 Å². The first-order chi connectivity index (χ1) is 25.4. The third-order valence-corrected chi connectivity index (χ3v) is 8.36. The van der Waals surface area contributed by atoms with E-state index in [0.717, 1.165) is 29.4 Å². The number of carboxylic acid groups (broad SMARTS) is 1. The molecule has 0 atom stereocenters. The number of nitrogens with zero attached hydrogens (tertiary/aromatic N) is 4. The van der Waals surface area contributed by atoms with Gasteiger partial charge in [0, 0.05) is 43.4 Å². The van der Waals surface area contributed by atoms with Crippen LogP contribution < -0.4 is 53.9 Å². The van der Waals surface area contributed by atoms with E-state index in [1.165, 1.54) is 13.2 Å². The first kappa shape index (κ1) is 43.5. The quantitative estimate of drug-likeness (QED) is 0.112. The van der Waals surface area contributed by atoms with Crippen molar-refractivity contribution >= 4 is 17.6 Å². The molecule has 0 unspecified atom stereocenters. The van der Waals surface area contributed by atoms with Crippen LogP contribution >= 0.6 is 0 Å². The van der Waals surface area contributed by atoms with Gasteiger partial charge < -0.3 is 33.9 Å². The van der Waals surface area contributed by atoms with Crippen LogP contribution in [-0.2, 0) is 41.1 Å². The number of benzene rings is 3. The number of hydrogen-bond donors (Lipinski definition) is 0. The standard InChI is InChI=1S/C36H33F9N4O5.Na/c1-52-31-7-5-27(48-8-11-53-12-9-48)17-30(31)29-6-4-24(34(37,38)39)15-23(29)21-49(33-46-18-28(19-47-33)54-10-2-3-32(50)51)20-22-13-25(35(40,41)42)16-26(14-22)36(43,44)45;/h4-7,13-19H,2-3,8-12,20-21H2,1H3,(H,50,51);/q;+1/p-1. The van der Waals surface area contributed by atoms with E-state index in [0.29, 0.717) is 49.7 Å². The van der Waals surface area contributed by atoms with E-state index in [2.05, 4.69) is 9.97 Å². The maximum absolute atomic E-state index is 14.1. The van der Waals surface area contributed by atoms with Crippen LogP contribution in [0.3, 0.4) is 0 Å². The molecule has 0 spiro atoms. The zero-order valence-electron chi connectivity index (χ0n) is 29.4. The third kappa shape index (κ3) is 11.6. The average Bonchev–Trinajstić information content (AvgIpc) is 3.12. The zero-order valence-corrected chi connectivity index (χ0v) is 31.4. The van der Waals surface area contributed by atoms with Crippen molar-refractivity contribution in [3.63, 3.8) is 0 Å². The Hall–Kier alpha value is -4.26. The SMILES string of the molecule is COc1ccc(N2CCOCC2)cc1-c1ccc(C(F)(F)F)cc1CN(Cc1cc(C(F)(F)F)cc(C(F)(F)F)c1)c1ncc(OCCCC(=O)[O-])cn1.[Na+]. The van der Waals surface area contributed by atoms with Crippen LogP contribution in [0.4, 0.5) is 51.1 Å². The molecule has 0 radical (unpaired) electrons. The molecule has 0 bridgehead atoms. The number of aliphatic carboxylic acids is 1. The summed E-state index contributed by atoms with van der Waals surface area (Å²) in [6, 6.07) is 9.02. The molecule has 1 aliphatic heterocycles. The molecule has 290 valence electrons. The molecular weight excluding hydrogens is 762 g/mol. The summed E-state index contributed by atoms with van der Waals surface area (Å²) in [5.41, 5.74) is -3.45. The molecule has 0 saturated carbocycles. The van der Waals surface area contributed by atoms with Gasteiger partial charge in [0.15, 0.2) is 5.75 Å². The second kappa shape index (κ2) is 18.1. The molecule has 19 heteroatoms.